The Morgan fingerprint density at radius 2 is 1.28 bits per heavy atom. The smallest absolute Gasteiger partial charge is 0.343 e. The van der Waals surface area contributed by atoms with Gasteiger partial charge >= 0.3 is 5.97 Å². The zero-order valence-electron chi connectivity index (χ0n) is 48.8. The first kappa shape index (κ1) is 66.7. The van der Waals surface area contributed by atoms with Gasteiger partial charge in [-0.1, -0.05) is 6.92 Å². The van der Waals surface area contributed by atoms with Crippen LogP contribution in [0, 0.1) is 5.82 Å². The van der Waals surface area contributed by atoms with Gasteiger partial charge in [0.1, 0.15) is 19.4 Å². The Hall–Kier alpha value is -6.86. The van der Waals surface area contributed by atoms with Gasteiger partial charge in [0.15, 0.2) is 17.2 Å². The van der Waals surface area contributed by atoms with Gasteiger partial charge in [-0.25, -0.2) is 14.2 Å². The molecule has 472 valence electrons. The Morgan fingerprint density at radius 3 is 1.91 bits per heavy atom. The van der Waals surface area contributed by atoms with Crippen molar-refractivity contribution in [1.82, 2.24) is 40.6 Å². The second-order valence-corrected chi connectivity index (χ2v) is 20.5. The van der Waals surface area contributed by atoms with Crippen molar-refractivity contribution in [1.29, 1.82) is 0 Å². The van der Waals surface area contributed by atoms with Gasteiger partial charge in [0, 0.05) is 106 Å². The zero-order valence-corrected chi connectivity index (χ0v) is 48.8. The first-order valence-electron chi connectivity index (χ1n) is 29.1. The quantitative estimate of drug-likeness (QED) is 0.0226. The molecule has 2 aromatic heterocycles. The zero-order chi connectivity index (χ0) is 61.3. The van der Waals surface area contributed by atoms with E-state index in [9.17, 15) is 43.5 Å². The average molecular weight is 1210 g/mol. The van der Waals surface area contributed by atoms with Crippen LogP contribution in [0.15, 0.2) is 35.1 Å². The first-order chi connectivity index (χ1) is 41.7. The van der Waals surface area contributed by atoms with Crippen molar-refractivity contribution in [3.8, 4) is 17.1 Å². The normalized spacial score (nSPS) is 16.3. The number of carbonyl (C=O) groups is 7. The van der Waals surface area contributed by atoms with Gasteiger partial charge in [-0.05, 0) is 37.8 Å². The third kappa shape index (κ3) is 19.1. The van der Waals surface area contributed by atoms with Crippen molar-refractivity contribution >= 4 is 52.3 Å². The summed E-state index contributed by atoms with van der Waals surface area (Å²) in [4.78, 5) is 110. The lowest BCUT2D eigenvalue weighted by atomic mass is 9.86. The highest BCUT2D eigenvalue weighted by Crippen LogP contribution is 2.41. The molecule has 0 radical (unpaired) electrons. The summed E-state index contributed by atoms with van der Waals surface area (Å²) in [5.74, 6) is -4.08. The van der Waals surface area contributed by atoms with E-state index < -0.39 is 52.6 Å². The van der Waals surface area contributed by atoms with Crippen LogP contribution in [0.2, 0.25) is 0 Å². The lowest BCUT2D eigenvalue weighted by Gasteiger charge is -2.31. The van der Waals surface area contributed by atoms with E-state index in [4.69, 9.17) is 52.4 Å². The van der Waals surface area contributed by atoms with Gasteiger partial charge in [0.05, 0.1) is 128 Å². The van der Waals surface area contributed by atoms with Crippen LogP contribution < -0.4 is 31.6 Å². The number of ether oxygens (including phenoxy) is 10. The number of aromatic nitrogens is 2. The van der Waals surface area contributed by atoms with Crippen molar-refractivity contribution < 1.29 is 90.4 Å². The van der Waals surface area contributed by atoms with Crippen LogP contribution in [0.3, 0.4) is 0 Å². The van der Waals surface area contributed by atoms with E-state index in [1.165, 1.54) is 10.6 Å². The van der Waals surface area contributed by atoms with E-state index >= 15 is 4.39 Å². The van der Waals surface area contributed by atoms with E-state index in [1.54, 1.807) is 20.1 Å². The van der Waals surface area contributed by atoms with Crippen molar-refractivity contribution in [2.45, 2.75) is 83.2 Å². The molecule has 7 rings (SSSR count). The van der Waals surface area contributed by atoms with E-state index in [0.29, 0.717) is 126 Å². The molecule has 6 amide bonds. The number of amides is 6. The molecular formula is C58H79FN8O19. The second-order valence-electron chi connectivity index (χ2n) is 20.5. The van der Waals surface area contributed by atoms with Gasteiger partial charge in [-0.2, -0.15) is 0 Å². The van der Waals surface area contributed by atoms with Gasteiger partial charge in [-0.3, -0.25) is 43.4 Å². The summed E-state index contributed by atoms with van der Waals surface area (Å²) < 4.78 is 71.3. The van der Waals surface area contributed by atoms with Crippen LogP contribution in [-0.2, 0) is 101 Å². The van der Waals surface area contributed by atoms with E-state index in [1.807, 2.05) is 11.0 Å². The summed E-state index contributed by atoms with van der Waals surface area (Å²) in [6.07, 6.45) is 2.47. The lowest BCUT2D eigenvalue weighted by Crippen LogP contribution is -2.47. The predicted octanol–water partition coefficient (Wildman–Crippen LogP) is 0.232. The first-order valence-corrected chi connectivity index (χ1v) is 29.1. The minimum atomic E-state index is -1.99. The Bertz CT molecular complexity index is 2910. The van der Waals surface area contributed by atoms with Crippen molar-refractivity contribution in [3.63, 3.8) is 0 Å². The number of rotatable bonds is 41. The minimum Gasteiger partial charge on any atom is -0.475 e. The maximum atomic E-state index is 15.6. The topological polar surface area (TPSA) is 322 Å². The number of methoxy groups -OCH3 is 1. The number of fused-ring (bicyclic) bond motifs is 7. The molecule has 0 fully saturated rings. The summed E-state index contributed by atoms with van der Waals surface area (Å²) >= 11 is 0. The monoisotopic (exact) mass is 1210 g/mol. The van der Waals surface area contributed by atoms with E-state index in [0.717, 1.165) is 17.1 Å². The van der Waals surface area contributed by atoms with Gasteiger partial charge in [-0.15, -0.1) is 0 Å². The Labute approximate surface area is 496 Å². The Morgan fingerprint density at radius 1 is 0.686 bits per heavy atom. The molecule has 0 aliphatic carbocycles. The van der Waals surface area contributed by atoms with E-state index in [2.05, 4.69) is 21.3 Å². The summed E-state index contributed by atoms with van der Waals surface area (Å²) in [5, 5.41) is 22.8. The molecule has 0 saturated heterocycles. The van der Waals surface area contributed by atoms with Gasteiger partial charge in [0.2, 0.25) is 23.6 Å². The molecule has 1 unspecified atom stereocenters. The Balaban J connectivity index is 0.765. The molecule has 0 bridgehead atoms. The molecule has 4 aliphatic heterocycles. The van der Waals surface area contributed by atoms with E-state index in [-0.39, 0.29) is 139 Å². The molecule has 1 aromatic carbocycles. The summed E-state index contributed by atoms with van der Waals surface area (Å²) in [6.45, 7) is 8.94. The number of cyclic esters (lactones) is 1. The highest BCUT2D eigenvalue weighted by Gasteiger charge is 2.45. The SMILES string of the molecule is CC[C@@]1(O)C(=O)OCc2c1cc1n(c2=O)Cc2cc3c4c(c(F)cc3nc2-1)OCN(CCNC(=O)CCCNC(=O)C(CCC(=O)NCCOCCOCCOCCOCCOCCOCCOCCOC)NC(=O)CCCN1C(=O)C=CC1=O)C4. The number of imide groups is 1. The Kier molecular flexibility index (Phi) is 26.7. The molecule has 0 saturated carbocycles. The third-order valence-corrected chi connectivity index (χ3v) is 14.5. The fraction of sp³-hybridized carbons (Fsp3) is 0.603. The number of pyridine rings is 2. The highest BCUT2D eigenvalue weighted by molar-refractivity contribution is 6.12. The van der Waals surface area contributed by atoms with Crippen LogP contribution in [0.4, 0.5) is 4.39 Å². The molecular weight excluding hydrogens is 1130 g/mol. The van der Waals surface area contributed by atoms with Crippen molar-refractivity contribution in [2.24, 2.45) is 0 Å². The van der Waals surface area contributed by atoms with Crippen LogP contribution in [0.1, 0.15) is 74.1 Å². The molecule has 5 N–H and O–H groups in total. The molecule has 3 aromatic rings. The van der Waals surface area contributed by atoms with Crippen LogP contribution in [0.25, 0.3) is 22.3 Å². The van der Waals surface area contributed by atoms with Crippen LogP contribution in [0.5, 0.6) is 5.75 Å². The fourth-order valence-electron chi connectivity index (χ4n) is 9.82. The number of carbonyl (C=O) groups excluding carboxylic acids is 7. The summed E-state index contributed by atoms with van der Waals surface area (Å²) in [7, 11) is 1.62. The lowest BCUT2D eigenvalue weighted by molar-refractivity contribution is -0.172. The number of benzene rings is 1. The number of hydrogen-bond donors (Lipinski definition) is 5. The number of halogens is 1. The average Bonchev–Trinajstić information content (AvgIpc) is 1.49. The molecule has 6 heterocycles. The molecule has 0 spiro atoms. The number of hydrogen-bond acceptors (Lipinski definition) is 21. The standard InChI is InChI=1S/C58H79FN8O19/c1-3-58(76)43-33-47-53-39(35-67(47)56(74)42(43)37-85-57(58)75)32-40-41-36-65(38-86-54(41)44(59)34-46(40)64-53)16-13-60-48(68)6-4-12-62-55(73)45(63-50(70)7-5-15-66-51(71)10-11-52(66)72)8-9-49(69)61-14-17-78-20-21-80-24-25-82-28-29-84-31-30-83-27-26-81-23-22-79-19-18-77-2/h10-11,32-34,45,76H,3-9,12-31,35-38H2,1-2H3,(H,60,68)(H,61,69)(H,62,73)(H,63,70)/t45?,58-/m0/s1. The number of aliphatic hydroxyl groups is 1. The van der Waals surface area contributed by atoms with Crippen molar-refractivity contribution in [2.75, 3.05) is 146 Å². The van der Waals surface area contributed by atoms with Gasteiger partial charge < -0.3 is 78.3 Å². The largest absolute Gasteiger partial charge is 0.475 e. The third-order valence-electron chi connectivity index (χ3n) is 14.5. The molecule has 2 atom stereocenters. The summed E-state index contributed by atoms with van der Waals surface area (Å²) in [6, 6.07) is 3.60. The second kappa shape index (κ2) is 34.5. The summed E-state index contributed by atoms with van der Waals surface area (Å²) in [5.41, 5.74) is 0.340. The molecule has 86 heavy (non-hydrogen) atoms. The van der Waals surface area contributed by atoms with Crippen molar-refractivity contribution in [3.05, 3.63) is 68.8 Å². The fourth-order valence-corrected chi connectivity index (χ4v) is 9.82. The molecule has 4 aliphatic rings. The van der Waals surface area contributed by atoms with Gasteiger partial charge in [0.25, 0.3) is 17.4 Å². The predicted molar refractivity (Wildman–Crippen MR) is 303 cm³/mol. The van der Waals surface area contributed by atoms with Crippen LogP contribution >= 0.6 is 0 Å². The maximum absolute atomic E-state index is 15.6. The highest BCUT2D eigenvalue weighted by atomic mass is 19.1. The number of esters is 1. The minimum absolute atomic E-state index is 0.00776. The number of nitrogens with zero attached hydrogens (tertiary/aromatic N) is 4. The maximum Gasteiger partial charge on any atom is 0.343 e. The molecule has 28 heteroatoms. The number of nitrogens with one attached hydrogen (secondary N) is 4. The van der Waals surface area contributed by atoms with Crippen LogP contribution in [-0.4, -0.2) is 218 Å². The molecule has 27 nitrogen and oxygen atoms in total.